The highest BCUT2D eigenvalue weighted by Crippen LogP contribution is 2.25. The van der Waals surface area contributed by atoms with Gasteiger partial charge in [-0.15, -0.1) is 0 Å². The topological polar surface area (TPSA) is 69.4 Å². The molecule has 4 nitrogen and oxygen atoms in total. The zero-order valence-corrected chi connectivity index (χ0v) is 24.1. The fraction of sp³-hybridized carbons (Fsp3) is 0.243. The van der Waals surface area contributed by atoms with Crippen LogP contribution in [0.15, 0.2) is 91.0 Å². The number of benzene rings is 4. The van der Waals surface area contributed by atoms with E-state index in [-0.39, 0.29) is 11.6 Å². The van der Waals surface area contributed by atoms with Crippen LogP contribution in [0.3, 0.4) is 0 Å². The fourth-order valence-electron chi connectivity index (χ4n) is 4.68. The maximum atomic E-state index is 13.3. The second-order valence-corrected chi connectivity index (χ2v) is 10.4. The van der Waals surface area contributed by atoms with Gasteiger partial charge in [0.25, 0.3) is 0 Å². The van der Waals surface area contributed by atoms with Crippen LogP contribution in [0.4, 0.5) is 5.69 Å². The highest BCUT2D eigenvalue weighted by molar-refractivity contribution is 6.12. The van der Waals surface area contributed by atoms with Gasteiger partial charge in [0.2, 0.25) is 0 Å². The van der Waals surface area contributed by atoms with Crippen LogP contribution in [-0.2, 0) is 0 Å². The van der Waals surface area contributed by atoms with Gasteiger partial charge in [-0.05, 0) is 59.9 Å². The Morgan fingerprint density at radius 3 is 1.90 bits per heavy atom. The van der Waals surface area contributed by atoms with Crippen molar-refractivity contribution < 1.29 is 14.3 Å². The molecule has 0 aliphatic heterocycles. The van der Waals surface area contributed by atoms with Gasteiger partial charge in [0.05, 0.1) is 6.61 Å². The highest BCUT2D eigenvalue weighted by Gasteiger charge is 2.13. The first-order valence-electron chi connectivity index (χ1n) is 14.5. The Balaban J connectivity index is 1.37. The molecule has 0 saturated heterocycles. The number of Topliss-reactive ketones (excluding diaryl/α,β-unsaturated/α-hetero) is 1. The van der Waals surface area contributed by atoms with E-state index in [4.69, 9.17) is 10.5 Å². The second-order valence-electron chi connectivity index (χ2n) is 10.4. The van der Waals surface area contributed by atoms with Gasteiger partial charge in [0, 0.05) is 22.4 Å². The number of hydrogen-bond acceptors (Lipinski definition) is 4. The Morgan fingerprint density at radius 1 is 0.683 bits per heavy atom. The van der Waals surface area contributed by atoms with Crippen LogP contribution in [0, 0.1) is 0 Å². The lowest BCUT2D eigenvalue weighted by Crippen LogP contribution is -2.05. The van der Waals surface area contributed by atoms with Crippen molar-refractivity contribution in [2.24, 2.45) is 0 Å². The summed E-state index contributed by atoms with van der Waals surface area (Å²) < 4.78 is 5.91. The van der Waals surface area contributed by atoms with Gasteiger partial charge >= 0.3 is 0 Å². The molecule has 0 saturated carbocycles. The molecule has 4 heteroatoms. The van der Waals surface area contributed by atoms with Crippen molar-refractivity contribution >= 4 is 29.4 Å². The summed E-state index contributed by atoms with van der Waals surface area (Å²) in [6.45, 7) is 4.53. The van der Waals surface area contributed by atoms with E-state index in [1.54, 1.807) is 13.0 Å². The highest BCUT2D eigenvalue weighted by atomic mass is 16.5. The lowest BCUT2D eigenvalue weighted by molar-refractivity contribution is 0.101. The van der Waals surface area contributed by atoms with Gasteiger partial charge in [-0.25, -0.2) is 0 Å². The van der Waals surface area contributed by atoms with Crippen LogP contribution in [0.5, 0.6) is 5.75 Å². The Morgan fingerprint density at radius 2 is 1.24 bits per heavy atom. The SMILES string of the molecule is CCCCCCCCOc1ccc(-c2ccc(C(=O)c3cc(/C=C/c4ccc(C(C)=O)cc4)ccc3N)cc2)cc1. The van der Waals surface area contributed by atoms with Crippen LogP contribution >= 0.6 is 0 Å². The summed E-state index contributed by atoms with van der Waals surface area (Å²) in [5.74, 6) is 0.803. The molecule has 0 bridgehead atoms. The van der Waals surface area contributed by atoms with Crippen molar-refractivity contribution in [1.29, 1.82) is 0 Å². The Kier molecular flexibility index (Phi) is 10.7. The molecule has 0 amide bonds. The third-order valence-electron chi connectivity index (χ3n) is 7.21. The number of rotatable bonds is 14. The minimum Gasteiger partial charge on any atom is -0.494 e. The first kappa shape index (κ1) is 29.5. The van der Waals surface area contributed by atoms with Crippen molar-refractivity contribution in [3.05, 3.63) is 119 Å². The Hall–Kier alpha value is -4.44. The van der Waals surface area contributed by atoms with Crippen molar-refractivity contribution in [2.75, 3.05) is 12.3 Å². The van der Waals surface area contributed by atoms with Crippen molar-refractivity contribution in [1.82, 2.24) is 0 Å². The predicted octanol–water partition coefficient (Wildman–Crippen LogP) is 9.28. The number of carbonyl (C=O) groups is 2. The van der Waals surface area contributed by atoms with Gasteiger partial charge in [0.15, 0.2) is 11.6 Å². The molecule has 41 heavy (non-hydrogen) atoms. The smallest absolute Gasteiger partial charge is 0.195 e. The van der Waals surface area contributed by atoms with Gasteiger partial charge in [-0.1, -0.05) is 118 Å². The lowest BCUT2D eigenvalue weighted by Gasteiger charge is -2.09. The van der Waals surface area contributed by atoms with Crippen LogP contribution in [0.2, 0.25) is 0 Å². The number of ether oxygens (including phenoxy) is 1. The van der Waals surface area contributed by atoms with Gasteiger partial charge in [-0.2, -0.15) is 0 Å². The molecule has 210 valence electrons. The summed E-state index contributed by atoms with van der Waals surface area (Å²) in [5.41, 5.74) is 12.3. The molecule has 0 radical (unpaired) electrons. The molecule has 0 aliphatic rings. The number of unbranched alkanes of at least 4 members (excludes halogenated alkanes) is 5. The predicted molar refractivity (Wildman–Crippen MR) is 170 cm³/mol. The third-order valence-corrected chi connectivity index (χ3v) is 7.21. The third kappa shape index (κ3) is 8.52. The summed E-state index contributed by atoms with van der Waals surface area (Å²) in [5, 5.41) is 0. The normalized spacial score (nSPS) is 11.1. The number of anilines is 1. The molecule has 2 N–H and O–H groups in total. The average Bonchev–Trinajstić information content (AvgIpc) is 3.00. The lowest BCUT2D eigenvalue weighted by atomic mass is 9.97. The first-order valence-corrected chi connectivity index (χ1v) is 14.5. The van der Waals surface area contributed by atoms with Crippen LogP contribution in [0.1, 0.15) is 89.8 Å². The number of ketones is 2. The van der Waals surface area contributed by atoms with E-state index in [0.29, 0.717) is 22.4 Å². The Labute approximate surface area is 243 Å². The molecule has 0 aliphatic carbocycles. The molecule has 0 atom stereocenters. The summed E-state index contributed by atoms with van der Waals surface area (Å²) in [7, 11) is 0. The molecule has 4 rings (SSSR count). The van der Waals surface area contributed by atoms with Gasteiger partial charge < -0.3 is 10.5 Å². The average molecular weight is 546 g/mol. The molecule has 0 spiro atoms. The molecule has 0 unspecified atom stereocenters. The minimum atomic E-state index is -0.117. The van der Waals surface area contributed by atoms with E-state index < -0.39 is 0 Å². The monoisotopic (exact) mass is 545 g/mol. The molecule has 4 aromatic rings. The van der Waals surface area contributed by atoms with E-state index >= 15 is 0 Å². The maximum absolute atomic E-state index is 13.3. The Bertz CT molecular complexity index is 1470. The molecular weight excluding hydrogens is 506 g/mol. The molecule has 4 aromatic carbocycles. The van der Waals surface area contributed by atoms with E-state index in [2.05, 4.69) is 19.1 Å². The summed E-state index contributed by atoms with van der Waals surface area (Å²) in [4.78, 5) is 24.8. The van der Waals surface area contributed by atoms with Crippen LogP contribution in [-0.4, -0.2) is 18.2 Å². The van der Waals surface area contributed by atoms with Crippen LogP contribution < -0.4 is 10.5 Å². The standard InChI is InChI=1S/C37H39NO3/c1-3-4-5-6-7-8-25-41-34-22-20-32(21-23-34)31-16-18-33(19-17-31)37(40)35-26-29(13-24-36(35)38)10-9-28-11-14-30(15-12-28)27(2)39/h9-24,26H,3-8,25,38H2,1-2H3/b10-9+. The van der Waals surface area contributed by atoms with E-state index in [0.717, 1.165) is 41.0 Å². The maximum Gasteiger partial charge on any atom is 0.195 e. The fourth-order valence-corrected chi connectivity index (χ4v) is 4.68. The van der Waals surface area contributed by atoms with E-state index in [1.165, 1.54) is 32.1 Å². The number of hydrogen-bond donors (Lipinski definition) is 1. The van der Waals surface area contributed by atoms with Crippen LogP contribution in [0.25, 0.3) is 23.3 Å². The van der Waals surface area contributed by atoms with Gasteiger partial charge in [0.1, 0.15) is 5.75 Å². The second kappa shape index (κ2) is 14.8. The zero-order chi connectivity index (χ0) is 29.0. The summed E-state index contributed by atoms with van der Waals surface area (Å²) in [6.07, 6.45) is 11.4. The largest absolute Gasteiger partial charge is 0.494 e. The quantitative estimate of drug-likeness (QED) is 0.0742. The minimum absolute atomic E-state index is 0.0387. The first-order chi connectivity index (χ1) is 19.9. The summed E-state index contributed by atoms with van der Waals surface area (Å²) >= 11 is 0. The number of nitrogens with two attached hydrogens (primary N) is 1. The van der Waals surface area contributed by atoms with Gasteiger partial charge in [-0.3, -0.25) is 9.59 Å². The van der Waals surface area contributed by atoms with Crippen molar-refractivity contribution in [3.8, 4) is 16.9 Å². The number of carbonyl (C=O) groups excluding carboxylic acids is 2. The van der Waals surface area contributed by atoms with E-state index in [1.807, 2.05) is 84.9 Å². The molecule has 0 aromatic heterocycles. The van der Waals surface area contributed by atoms with Crippen molar-refractivity contribution in [3.63, 3.8) is 0 Å². The zero-order valence-electron chi connectivity index (χ0n) is 24.1. The molecule has 0 heterocycles. The van der Waals surface area contributed by atoms with Crippen molar-refractivity contribution in [2.45, 2.75) is 52.4 Å². The molecule has 0 fully saturated rings. The molecular formula is C37H39NO3. The number of nitrogen functional groups attached to an aromatic ring is 1. The summed E-state index contributed by atoms with van der Waals surface area (Å²) in [6, 6.07) is 28.6. The van der Waals surface area contributed by atoms with E-state index in [9.17, 15) is 9.59 Å².